The van der Waals surface area contributed by atoms with Crippen LogP contribution in [0.2, 0.25) is 0 Å². The summed E-state index contributed by atoms with van der Waals surface area (Å²) in [5, 5.41) is 33.4. The Labute approximate surface area is 262 Å². The molecule has 0 rings (SSSR count). The summed E-state index contributed by atoms with van der Waals surface area (Å²) < 4.78 is 0. The summed E-state index contributed by atoms with van der Waals surface area (Å²) in [7, 11) is 0. The van der Waals surface area contributed by atoms with Gasteiger partial charge in [-0.3, -0.25) is 4.79 Å². The maximum atomic E-state index is 12.3. The third-order valence-electron chi connectivity index (χ3n) is 8.96. The van der Waals surface area contributed by atoms with Gasteiger partial charge >= 0.3 is 0 Å². The van der Waals surface area contributed by atoms with Gasteiger partial charge in [0.2, 0.25) is 5.91 Å². The van der Waals surface area contributed by atoms with Crippen molar-refractivity contribution in [2.45, 2.75) is 225 Å². The summed E-state index contributed by atoms with van der Waals surface area (Å²) in [6.45, 7) is 4.17. The highest BCUT2D eigenvalue weighted by molar-refractivity contribution is 5.76. The molecule has 0 aromatic carbocycles. The number of hydrogen-bond donors (Lipinski definition) is 4. The van der Waals surface area contributed by atoms with Gasteiger partial charge in [-0.05, 0) is 12.8 Å². The minimum atomic E-state index is -1.13. The van der Waals surface area contributed by atoms with Crippen LogP contribution in [0.4, 0.5) is 0 Å². The fourth-order valence-corrected chi connectivity index (χ4v) is 5.99. The summed E-state index contributed by atoms with van der Waals surface area (Å²) >= 11 is 0. The lowest BCUT2D eigenvalue weighted by Gasteiger charge is -2.26. The molecule has 3 atom stereocenters. The highest BCUT2D eigenvalue weighted by Gasteiger charge is 2.26. The quantitative estimate of drug-likeness (QED) is 0.0556. The number of unbranched alkanes of at least 4 members (excludes halogenated alkanes) is 26. The van der Waals surface area contributed by atoms with Gasteiger partial charge in [0, 0.05) is 6.42 Å². The van der Waals surface area contributed by atoms with E-state index >= 15 is 0 Å². The fraction of sp³-hybridized carbons (Fsp3) is 0.973. The number of hydrogen-bond acceptors (Lipinski definition) is 4. The number of carbonyl (C=O) groups excluding carboxylic acids is 1. The van der Waals surface area contributed by atoms with Crippen molar-refractivity contribution in [3.8, 4) is 0 Å². The topological polar surface area (TPSA) is 89.8 Å². The van der Waals surface area contributed by atoms with Gasteiger partial charge in [-0.15, -0.1) is 0 Å². The number of aliphatic hydroxyl groups is 3. The van der Waals surface area contributed by atoms with E-state index in [1.165, 1.54) is 148 Å². The van der Waals surface area contributed by atoms with Crippen LogP contribution in [0, 0.1) is 0 Å². The Balaban J connectivity index is 3.63. The van der Waals surface area contributed by atoms with Crippen LogP contribution < -0.4 is 5.32 Å². The van der Waals surface area contributed by atoms with Crippen LogP contribution in [0.25, 0.3) is 0 Å². The second-order valence-electron chi connectivity index (χ2n) is 13.1. The van der Waals surface area contributed by atoms with Gasteiger partial charge in [0.25, 0.3) is 0 Å². The van der Waals surface area contributed by atoms with E-state index in [4.69, 9.17) is 0 Å². The second-order valence-corrected chi connectivity index (χ2v) is 13.1. The zero-order chi connectivity index (χ0) is 30.9. The first kappa shape index (κ1) is 41.4. The van der Waals surface area contributed by atoms with Crippen molar-refractivity contribution in [1.29, 1.82) is 0 Å². The standard InChI is InChI=1S/C37H75NO4/c1-3-5-7-9-11-13-15-16-17-18-19-20-22-23-25-27-29-31-35(40)37(42)34(33-39)38-36(41)32-30-28-26-24-21-14-12-10-8-6-4-2/h34-35,37,39-40,42H,3-33H2,1-2H3,(H,38,41). The lowest BCUT2D eigenvalue weighted by molar-refractivity contribution is -0.124. The van der Waals surface area contributed by atoms with Gasteiger partial charge in [-0.2, -0.15) is 0 Å². The minimum Gasteiger partial charge on any atom is -0.394 e. The monoisotopic (exact) mass is 598 g/mol. The van der Waals surface area contributed by atoms with Crippen LogP contribution in [-0.2, 0) is 4.79 Å². The van der Waals surface area contributed by atoms with Crippen LogP contribution in [-0.4, -0.2) is 46.1 Å². The molecule has 0 aromatic heterocycles. The Morgan fingerprint density at radius 2 is 0.810 bits per heavy atom. The molecule has 0 aliphatic carbocycles. The third-order valence-corrected chi connectivity index (χ3v) is 8.96. The molecule has 0 heterocycles. The summed E-state index contributed by atoms with van der Waals surface area (Å²) in [6.07, 6.45) is 34.8. The number of aliphatic hydroxyl groups excluding tert-OH is 3. The maximum absolute atomic E-state index is 12.3. The van der Waals surface area contributed by atoms with Crippen LogP contribution in [0.15, 0.2) is 0 Å². The first-order chi connectivity index (χ1) is 20.6. The average molecular weight is 598 g/mol. The van der Waals surface area contributed by atoms with E-state index in [0.717, 1.165) is 32.1 Å². The van der Waals surface area contributed by atoms with Crippen LogP contribution in [0.5, 0.6) is 0 Å². The molecule has 0 aromatic rings. The van der Waals surface area contributed by atoms with Crippen molar-refractivity contribution in [2.24, 2.45) is 0 Å². The van der Waals surface area contributed by atoms with Gasteiger partial charge in [0.05, 0.1) is 18.8 Å². The normalized spacial score (nSPS) is 13.7. The van der Waals surface area contributed by atoms with Gasteiger partial charge < -0.3 is 20.6 Å². The third kappa shape index (κ3) is 28.1. The molecule has 1 amide bonds. The number of carbonyl (C=O) groups is 1. The Morgan fingerprint density at radius 1 is 0.500 bits per heavy atom. The molecule has 252 valence electrons. The van der Waals surface area contributed by atoms with E-state index in [9.17, 15) is 20.1 Å². The van der Waals surface area contributed by atoms with Crippen molar-refractivity contribution in [3.63, 3.8) is 0 Å². The van der Waals surface area contributed by atoms with E-state index in [-0.39, 0.29) is 12.5 Å². The molecule has 0 bridgehead atoms. The minimum absolute atomic E-state index is 0.144. The van der Waals surface area contributed by atoms with Crippen molar-refractivity contribution >= 4 is 5.91 Å². The average Bonchev–Trinajstić information content (AvgIpc) is 2.99. The van der Waals surface area contributed by atoms with E-state index in [1.807, 2.05) is 0 Å². The molecule has 0 radical (unpaired) electrons. The smallest absolute Gasteiger partial charge is 0.220 e. The molecule has 0 fully saturated rings. The first-order valence-corrected chi connectivity index (χ1v) is 18.8. The van der Waals surface area contributed by atoms with Crippen molar-refractivity contribution in [2.75, 3.05) is 6.61 Å². The van der Waals surface area contributed by atoms with Crippen LogP contribution in [0.3, 0.4) is 0 Å². The molecule has 5 heteroatoms. The lowest BCUT2D eigenvalue weighted by atomic mass is 9.99. The Bertz CT molecular complexity index is 544. The van der Waals surface area contributed by atoms with Crippen molar-refractivity contribution in [3.05, 3.63) is 0 Å². The highest BCUT2D eigenvalue weighted by atomic mass is 16.3. The molecular weight excluding hydrogens is 522 g/mol. The Morgan fingerprint density at radius 3 is 1.14 bits per heavy atom. The zero-order valence-electron chi connectivity index (χ0n) is 28.4. The summed E-state index contributed by atoms with van der Waals surface area (Å²) in [6, 6.07) is -0.800. The molecule has 3 unspecified atom stereocenters. The lowest BCUT2D eigenvalue weighted by Crippen LogP contribution is -2.50. The van der Waals surface area contributed by atoms with Gasteiger partial charge in [-0.25, -0.2) is 0 Å². The van der Waals surface area contributed by atoms with E-state index in [1.54, 1.807) is 0 Å². The van der Waals surface area contributed by atoms with E-state index in [0.29, 0.717) is 12.8 Å². The van der Waals surface area contributed by atoms with E-state index in [2.05, 4.69) is 19.2 Å². The zero-order valence-corrected chi connectivity index (χ0v) is 28.4. The highest BCUT2D eigenvalue weighted by Crippen LogP contribution is 2.16. The molecule has 0 aliphatic heterocycles. The second kappa shape index (κ2) is 33.2. The number of amides is 1. The summed E-state index contributed by atoms with van der Waals surface area (Å²) in [5.41, 5.74) is 0. The summed E-state index contributed by atoms with van der Waals surface area (Å²) in [4.78, 5) is 12.3. The predicted molar refractivity (Wildman–Crippen MR) is 181 cm³/mol. The predicted octanol–water partition coefficient (Wildman–Crippen LogP) is 9.93. The number of rotatable bonds is 34. The molecule has 0 spiro atoms. The number of nitrogens with one attached hydrogen (secondary N) is 1. The first-order valence-electron chi connectivity index (χ1n) is 18.8. The molecule has 5 nitrogen and oxygen atoms in total. The molecule has 0 aliphatic rings. The Kier molecular flexibility index (Phi) is 32.7. The SMILES string of the molecule is CCCCCCCCCCCCCCCCCCCC(O)C(O)C(CO)NC(=O)CCCCCCCCCCCCC. The maximum Gasteiger partial charge on any atom is 0.220 e. The van der Waals surface area contributed by atoms with E-state index < -0.39 is 18.2 Å². The van der Waals surface area contributed by atoms with Gasteiger partial charge in [0.15, 0.2) is 0 Å². The Hall–Kier alpha value is -0.650. The molecule has 42 heavy (non-hydrogen) atoms. The van der Waals surface area contributed by atoms with Crippen molar-refractivity contribution < 1.29 is 20.1 Å². The van der Waals surface area contributed by atoms with Crippen LogP contribution >= 0.6 is 0 Å². The molecule has 4 N–H and O–H groups in total. The van der Waals surface area contributed by atoms with Crippen molar-refractivity contribution in [1.82, 2.24) is 5.32 Å². The molecule has 0 saturated heterocycles. The largest absolute Gasteiger partial charge is 0.394 e. The van der Waals surface area contributed by atoms with Gasteiger partial charge in [0.1, 0.15) is 6.10 Å². The fourth-order valence-electron chi connectivity index (χ4n) is 5.99. The van der Waals surface area contributed by atoms with Crippen LogP contribution in [0.1, 0.15) is 206 Å². The van der Waals surface area contributed by atoms with Gasteiger partial charge in [-0.1, -0.05) is 187 Å². The molecular formula is C37H75NO4. The summed E-state index contributed by atoms with van der Waals surface area (Å²) in [5.74, 6) is -0.144. The molecule has 0 saturated carbocycles.